The first-order valence-electron chi connectivity index (χ1n) is 7.25. The van der Waals surface area contributed by atoms with Gasteiger partial charge >= 0.3 is 0 Å². The number of carbonyl (C=O) groups excluding carboxylic acids is 1. The van der Waals surface area contributed by atoms with Crippen molar-refractivity contribution in [3.8, 4) is 0 Å². The molecule has 0 radical (unpaired) electrons. The van der Waals surface area contributed by atoms with Crippen molar-refractivity contribution in [2.75, 3.05) is 11.4 Å². The van der Waals surface area contributed by atoms with E-state index in [0.29, 0.717) is 24.7 Å². The van der Waals surface area contributed by atoms with Gasteiger partial charge in [-0.15, -0.1) is 0 Å². The van der Waals surface area contributed by atoms with Gasteiger partial charge < -0.3 is 9.42 Å². The van der Waals surface area contributed by atoms with E-state index in [1.807, 2.05) is 49.9 Å². The standard InChI is InChI=1S/C16H19N3O2/c1-10(2)15-17-16(21-18-15)12-8-14(20)19(9-12)13-7-5-4-6-11(13)3/h4-7,10,12H,8-9H2,1-3H3/t12-/m1/s1. The zero-order valence-corrected chi connectivity index (χ0v) is 12.5. The lowest BCUT2D eigenvalue weighted by Crippen LogP contribution is -2.25. The van der Waals surface area contributed by atoms with E-state index in [0.717, 1.165) is 11.3 Å². The molecule has 0 aliphatic carbocycles. The summed E-state index contributed by atoms with van der Waals surface area (Å²) in [6.45, 7) is 6.66. The van der Waals surface area contributed by atoms with Crippen LogP contribution >= 0.6 is 0 Å². The third-order valence-corrected chi connectivity index (χ3v) is 3.85. The molecule has 21 heavy (non-hydrogen) atoms. The highest BCUT2D eigenvalue weighted by atomic mass is 16.5. The molecule has 1 amide bonds. The number of anilines is 1. The number of rotatable bonds is 3. The van der Waals surface area contributed by atoms with Gasteiger partial charge in [-0.3, -0.25) is 4.79 Å². The smallest absolute Gasteiger partial charge is 0.232 e. The van der Waals surface area contributed by atoms with E-state index in [1.165, 1.54) is 0 Å². The number of benzene rings is 1. The summed E-state index contributed by atoms with van der Waals surface area (Å²) >= 11 is 0. The first-order valence-corrected chi connectivity index (χ1v) is 7.25. The molecule has 1 aromatic carbocycles. The zero-order valence-electron chi connectivity index (χ0n) is 12.5. The van der Waals surface area contributed by atoms with Crippen molar-refractivity contribution < 1.29 is 9.32 Å². The maximum Gasteiger partial charge on any atom is 0.232 e. The molecular formula is C16H19N3O2. The quantitative estimate of drug-likeness (QED) is 0.869. The average molecular weight is 285 g/mol. The van der Waals surface area contributed by atoms with Gasteiger partial charge in [-0.05, 0) is 18.6 Å². The second-order valence-electron chi connectivity index (χ2n) is 5.84. The van der Waals surface area contributed by atoms with Crippen LogP contribution in [0.3, 0.4) is 0 Å². The summed E-state index contributed by atoms with van der Waals surface area (Å²) in [4.78, 5) is 18.5. The molecule has 0 N–H and O–H groups in total. The molecule has 3 rings (SSSR count). The lowest BCUT2D eigenvalue weighted by molar-refractivity contribution is -0.117. The van der Waals surface area contributed by atoms with Crippen molar-refractivity contribution in [1.82, 2.24) is 10.1 Å². The van der Waals surface area contributed by atoms with Gasteiger partial charge in [0.05, 0.1) is 5.92 Å². The van der Waals surface area contributed by atoms with Crippen molar-refractivity contribution in [2.45, 2.75) is 39.0 Å². The van der Waals surface area contributed by atoms with Gasteiger partial charge in [0.15, 0.2) is 5.82 Å². The predicted molar refractivity (Wildman–Crippen MR) is 79.3 cm³/mol. The monoisotopic (exact) mass is 285 g/mol. The molecule has 5 nitrogen and oxygen atoms in total. The Balaban J connectivity index is 1.83. The number of hydrogen-bond acceptors (Lipinski definition) is 4. The molecule has 110 valence electrons. The molecule has 1 fully saturated rings. The van der Waals surface area contributed by atoms with Crippen LogP contribution < -0.4 is 4.90 Å². The van der Waals surface area contributed by atoms with Crippen molar-refractivity contribution in [2.24, 2.45) is 0 Å². The minimum Gasteiger partial charge on any atom is -0.339 e. The van der Waals surface area contributed by atoms with Gasteiger partial charge in [0, 0.05) is 24.6 Å². The van der Waals surface area contributed by atoms with Gasteiger partial charge in [-0.1, -0.05) is 37.2 Å². The Hall–Kier alpha value is -2.17. The highest BCUT2D eigenvalue weighted by molar-refractivity contribution is 5.97. The van der Waals surface area contributed by atoms with E-state index >= 15 is 0 Å². The van der Waals surface area contributed by atoms with Crippen LogP contribution in [0.5, 0.6) is 0 Å². The van der Waals surface area contributed by atoms with E-state index in [9.17, 15) is 4.79 Å². The second kappa shape index (κ2) is 5.31. The van der Waals surface area contributed by atoms with Gasteiger partial charge in [-0.2, -0.15) is 4.98 Å². The van der Waals surface area contributed by atoms with Crippen LogP contribution in [0.1, 0.15) is 49.4 Å². The summed E-state index contributed by atoms with van der Waals surface area (Å²) in [5, 5.41) is 3.98. The van der Waals surface area contributed by atoms with Gasteiger partial charge in [0.1, 0.15) is 0 Å². The maximum absolute atomic E-state index is 12.3. The van der Waals surface area contributed by atoms with Crippen molar-refractivity contribution in [3.05, 3.63) is 41.5 Å². The first-order chi connectivity index (χ1) is 10.1. The number of carbonyl (C=O) groups is 1. The van der Waals surface area contributed by atoms with Gasteiger partial charge in [-0.25, -0.2) is 0 Å². The fraction of sp³-hybridized carbons (Fsp3) is 0.438. The number of para-hydroxylation sites is 1. The summed E-state index contributed by atoms with van der Waals surface area (Å²) in [7, 11) is 0. The Bertz CT molecular complexity index is 663. The molecule has 0 spiro atoms. The number of amides is 1. The molecule has 1 aliphatic rings. The van der Waals surface area contributed by atoms with Crippen molar-refractivity contribution in [1.29, 1.82) is 0 Å². The summed E-state index contributed by atoms with van der Waals surface area (Å²) in [6, 6.07) is 7.92. The molecule has 5 heteroatoms. The van der Waals surface area contributed by atoms with Gasteiger partial charge in [0.2, 0.25) is 11.8 Å². The Kier molecular flexibility index (Phi) is 3.49. The van der Waals surface area contributed by atoms with Crippen LogP contribution in [0.2, 0.25) is 0 Å². The minimum atomic E-state index is -0.0166. The maximum atomic E-state index is 12.3. The summed E-state index contributed by atoms with van der Waals surface area (Å²) in [5.74, 6) is 1.60. The lowest BCUT2D eigenvalue weighted by Gasteiger charge is -2.18. The van der Waals surface area contributed by atoms with E-state index < -0.39 is 0 Å². The molecule has 1 atom stereocenters. The van der Waals surface area contributed by atoms with E-state index in [1.54, 1.807) is 0 Å². The third-order valence-electron chi connectivity index (χ3n) is 3.85. The summed E-state index contributed by atoms with van der Waals surface area (Å²) < 4.78 is 5.33. The van der Waals surface area contributed by atoms with Crippen molar-refractivity contribution >= 4 is 11.6 Å². The molecule has 2 aromatic rings. The molecule has 0 bridgehead atoms. The topological polar surface area (TPSA) is 59.2 Å². The molecule has 0 unspecified atom stereocenters. The normalized spacial score (nSPS) is 18.8. The SMILES string of the molecule is Cc1ccccc1N1C[C@H](c2nc(C(C)C)no2)CC1=O. The minimum absolute atomic E-state index is 0.0166. The predicted octanol–water partition coefficient (Wildman–Crippen LogP) is 3.02. The third kappa shape index (κ3) is 2.55. The van der Waals surface area contributed by atoms with E-state index in [4.69, 9.17) is 4.52 Å². The number of nitrogens with zero attached hydrogens (tertiary/aromatic N) is 3. The number of hydrogen-bond donors (Lipinski definition) is 0. The summed E-state index contributed by atoms with van der Waals surface area (Å²) in [6.07, 6.45) is 0.425. The Morgan fingerprint density at radius 1 is 1.33 bits per heavy atom. The molecule has 2 heterocycles. The van der Waals surface area contributed by atoms with Crippen LogP contribution in [0.25, 0.3) is 0 Å². The molecule has 0 saturated carbocycles. The molecule has 1 saturated heterocycles. The van der Waals surface area contributed by atoms with Crippen LogP contribution in [0.15, 0.2) is 28.8 Å². The van der Waals surface area contributed by atoms with Gasteiger partial charge in [0.25, 0.3) is 0 Å². The Morgan fingerprint density at radius 3 is 2.76 bits per heavy atom. The van der Waals surface area contributed by atoms with Crippen LogP contribution in [0.4, 0.5) is 5.69 Å². The molecule has 1 aromatic heterocycles. The zero-order chi connectivity index (χ0) is 15.0. The Labute approximate surface area is 124 Å². The number of aromatic nitrogens is 2. The van der Waals surface area contributed by atoms with Crippen LogP contribution in [0, 0.1) is 6.92 Å². The fourth-order valence-corrected chi connectivity index (χ4v) is 2.62. The van der Waals surface area contributed by atoms with Crippen LogP contribution in [-0.4, -0.2) is 22.6 Å². The highest BCUT2D eigenvalue weighted by Crippen LogP contribution is 2.32. The second-order valence-corrected chi connectivity index (χ2v) is 5.84. The fourth-order valence-electron chi connectivity index (χ4n) is 2.62. The highest BCUT2D eigenvalue weighted by Gasteiger charge is 2.35. The Morgan fingerprint density at radius 2 is 2.10 bits per heavy atom. The summed E-state index contributed by atoms with van der Waals surface area (Å²) in [5.41, 5.74) is 2.06. The van der Waals surface area contributed by atoms with Crippen molar-refractivity contribution in [3.63, 3.8) is 0 Å². The first kappa shape index (κ1) is 13.8. The van der Waals surface area contributed by atoms with E-state index in [-0.39, 0.29) is 17.7 Å². The lowest BCUT2D eigenvalue weighted by atomic mass is 10.1. The van der Waals surface area contributed by atoms with Crippen LogP contribution in [-0.2, 0) is 4.79 Å². The molecule has 1 aliphatic heterocycles. The number of aryl methyl sites for hydroxylation is 1. The molecular weight excluding hydrogens is 266 g/mol. The largest absolute Gasteiger partial charge is 0.339 e. The van der Waals surface area contributed by atoms with E-state index in [2.05, 4.69) is 10.1 Å². The average Bonchev–Trinajstić information content (AvgIpc) is 3.06.